The molecule has 2 rings (SSSR count). The highest BCUT2D eigenvalue weighted by atomic mass is 35.5. The predicted octanol–water partition coefficient (Wildman–Crippen LogP) is 4.09. The van der Waals surface area contributed by atoms with Crippen molar-refractivity contribution in [2.45, 2.75) is 32.7 Å². The van der Waals surface area contributed by atoms with Crippen molar-refractivity contribution in [1.29, 1.82) is 0 Å². The number of carbonyl (C=O) groups excluding carboxylic acids is 1. The number of aryl methyl sites for hydroxylation is 1. The van der Waals surface area contributed by atoms with Gasteiger partial charge < -0.3 is 10.1 Å². The molecule has 1 amide bonds. The molecule has 8 heteroatoms. The lowest BCUT2D eigenvalue weighted by Gasteiger charge is -2.31. The minimum Gasteiger partial charge on any atom is -0.495 e. The van der Waals surface area contributed by atoms with E-state index in [0.29, 0.717) is 16.5 Å². The molecule has 2 aromatic rings. The largest absolute Gasteiger partial charge is 0.495 e. The minimum absolute atomic E-state index is 0.225. The van der Waals surface area contributed by atoms with Gasteiger partial charge in [0.05, 0.1) is 19.1 Å². The van der Waals surface area contributed by atoms with Crippen LogP contribution in [0.15, 0.2) is 42.5 Å². The molecule has 0 aromatic heterocycles. The first-order valence-electron chi connectivity index (χ1n) is 8.94. The van der Waals surface area contributed by atoms with Gasteiger partial charge >= 0.3 is 0 Å². The molecule has 2 aromatic carbocycles. The Hall–Kier alpha value is -2.25. The number of rotatable bonds is 8. The minimum atomic E-state index is -3.80. The number of benzene rings is 2. The van der Waals surface area contributed by atoms with Crippen molar-refractivity contribution in [2.24, 2.45) is 0 Å². The third kappa shape index (κ3) is 4.97. The second-order valence-electron chi connectivity index (χ2n) is 6.30. The van der Waals surface area contributed by atoms with Gasteiger partial charge in [-0.25, -0.2) is 8.42 Å². The van der Waals surface area contributed by atoms with Crippen molar-refractivity contribution in [3.63, 3.8) is 0 Å². The highest BCUT2D eigenvalue weighted by Crippen LogP contribution is 2.35. The first kappa shape index (κ1) is 22.0. The Kier molecular flexibility index (Phi) is 7.32. The average molecular weight is 425 g/mol. The smallest absolute Gasteiger partial charge is 0.248 e. The van der Waals surface area contributed by atoms with Gasteiger partial charge in [0, 0.05) is 10.7 Å². The lowest BCUT2D eigenvalue weighted by Crippen LogP contribution is -2.47. The SMILES string of the molecule is CCc1ccccc1NC(=O)[C@@H](CC)N(c1cc(Cl)ccc1OC)S(C)(=O)=O. The summed E-state index contributed by atoms with van der Waals surface area (Å²) >= 11 is 6.09. The van der Waals surface area contributed by atoms with Gasteiger partial charge in [0.15, 0.2) is 0 Å². The van der Waals surface area contributed by atoms with Crippen molar-refractivity contribution < 1.29 is 17.9 Å². The van der Waals surface area contributed by atoms with E-state index >= 15 is 0 Å². The van der Waals surface area contributed by atoms with E-state index in [2.05, 4.69) is 5.32 Å². The molecule has 0 aliphatic heterocycles. The summed E-state index contributed by atoms with van der Waals surface area (Å²) in [4.78, 5) is 13.1. The van der Waals surface area contributed by atoms with E-state index in [1.807, 2.05) is 25.1 Å². The van der Waals surface area contributed by atoms with Gasteiger partial charge in [-0.2, -0.15) is 0 Å². The number of amides is 1. The number of carbonyl (C=O) groups is 1. The van der Waals surface area contributed by atoms with Gasteiger partial charge in [-0.15, -0.1) is 0 Å². The molecule has 0 radical (unpaired) electrons. The van der Waals surface area contributed by atoms with Gasteiger partial charge in [-0.3, -0.25) is 9.10 Å². The molecule has 6 nitrogen and oxygen atoms in total. The summed E-state index contributed by atoms with van der Waals surface area (Å²) in [6, 6.07) is 11.1. The fourth-order valence-corrected chi connectivity index (χ4v) is 4.41. The van der Waals surface area contributed by atoms with Crippen LogP contribution in [0.1, 0.15) is 25.8 Å². The summed E-state index contributed by atoms with van der Waals surface area (Å²) in [5.74, 6) is -0.106. The molecular weight excluding hydrogens is 400 g/mol. The van der Waals surface area contributed by atoms with Gasteiger partial charge in [-0.1, -0.05) is 43.6 Å². The van der Waals surface area contributed by atoms with Crippen LogP contribution < -0.4 is 14.4 Å². The number of hydrogen-bond acceptors (Lipinski definition) is 4. The van der Waals surface area contributed by atoms with Crippen molar-refractivity contribution in [2.75, 3.05) is 23.0 Å². The standard InChI is InChI=1S/C20H25ClN2O4S/c1-5-14-9-7-8-10-16(14)22-20(24)17(6-2)23(28(4,25)26)18-13-15(21)11-12-19(18)27-3/h7-13,17H,5-6H2,1-4H3,(H,22,24)/t17-/m1/s1. The molecule has 0 unspecified atom stereocenters. The molecule has 0 aliphatic carbocycles. The van der Waals surface area contributed by atoms with Crippen LogP contribution in [-0.2, 0) is 21.2 Å². The molecule has 0 fully saturated rings. The molecule has 0 spiro atoms. The first-order chi connectivity index (χ1) is 13.2. The van der Waals surface area contributed by atoms with E-state index < -0.39 is 22.0 Å². The molecular formula is C20H25ClN2O4S. The Balaban J connectivity index is 2.50. The van der Waals surface area contributed by atoms with Crippen molar-refractivity contribution in [3.8, 4) is 5.75 Å². The second kappa shape index (κ2) is 9.30. The molecule has 1 atom stereocenters. The maximum absolute atomic E-state index is 13.1. The molecule has 1 N–H and O–H groups in total. The number of sulfonamides is 1. The summed E-state index contributed by atoms with van der Waals surface area (Å²) in [6.07, 6.45) is 2.07. The van der Waals surface area contributed by atoms with E-state index in [1.54, 1.807) is 25.1 Å². The van der Waals surface area contributed by atoms with Crippen LogP contribution in [0, 0.1) is 0 Å². The van der Waals surface area contributed by atoms with E-state index in [1.165, 1.54) is 13.2 Å². The van der Waals surface area contributed by atoms with Crippen LogP contribution in [0.3, 0.4) is 0 Å². The van der Waals surface area contributed by atoms with E-state index in [9.17, 15) is 13.2 Å². The van der Waals surface area contributed by atoms with Crippen LogP contribution in [-0.4, -0.2) is 33.7 Å². The van der Waals surface area contributed by atoms with E-state index in [4.69, 9.17) is 16.3 Å². The fraction of sp³-hybridized carbons (Fsp3) is 0.350. The highest BCUT2D eigenvalue weighted by Gasteiger charge is 2.33. The molecule has 0 saturated heterocycles. The number of methoxy groups -OCH3 is 1. The van der Waals surface area contributed by atoms with Gasteiger partial charge in [0.25, 0.3) is 0 Å². The zero-order valence-corrected chi connectivity index (χ0v) is 18.0. The molecule has 0 saturated carbocycles. The van der Waals surface area contributed by atoms with Crippen LogP contribution >= 0.6 is 11.6 Å². The van der Waals surface area contributed by atoms with Crippen molar-refractivity contribution >= 4 is 38.9 Å². The Labute approximate surface area is 171 Å². The lowest BCUT2D eigenvalue weighted by molar-refractivity contribution is -0.117. The van der Waals surface area contributed by atoms with Crippen molar-refractivity contribution in [3.05, 3.63) is 53.1 Å². The third-order valence-electron chi connectivity index (χ3n) is 4.36. The van der Waals surface area contributed by atoms with Crippen LogP contribution in [0.25, 0.3) is 0 Å². The quantitative estimate of drug-likeness (QED) is 0.692. The number of hydrogen-bond donors (Lipinski definition) is 1. The van der Waals surface area contributed by atoms with Gasteiger partial charge in [-0.05, 0) is 42.7 Å². The Morgan fingerprint density at radius 2 is 1.89 bits per heavy atom. The zero-order chi connectivity index (χ0) is 20.9. The number of nitrogens with one attached hydrogen (secondary N) is 1. The summed E-state index contributed by atoms with van der Waals surface area (Å²) in [5, 5.41) is 3.21. The number of ether oxygens (including phenoxy) is 1. The number of para-hydroxylation sites is 1. The van der Waals surface area contributed by atoms with Crippen molar-refractivity contribution in [1.82, 2.24) is 0 Å². The number of anilines is 2. The number of nitrogens with zero attached hydrogens (tertiary/aromatic N) is 1. The maximum atomic E-state index is 13.1. The fourth-order valence-electron chi connectivity index (χ4n) is 3.04. The molecule has 0 heterocycles. The summed E-state index contributed by atoms with van der Waals surface area (Å²) in [5.41, 5.74) is 1.86. The Morgan fingerprint density at radius 1 is 1.21 bits per heavy atom. The highest BCUT2D eigenvalue weighted by molar-refractivity contribution is 7.92. The Morgan fingerprint density at radius 3 is 2.46 bits per heavy atom. The zero-order valence-electron chi connectivity index (χ0n) is 16.4. The van der Waals surface area contributed by atoms with Crippen LogP contribution in [0.5, 0.6) is 5.75 Å². The monoisotopic (exact) mass is 424 g/mol. The maximum Gasteiger partial charge on any atom is 0.248 e. The summed E-state index contributed by atoms with van der Waals surface area (Å²) in [6.45, 7) is 3.74. The van der Waals surface area contributed by atoms with Crippen LogP contribution in [0.2, 0.25) is 5.02 Å². The summed E-state index contributed by atoms with van der Waals surface area (Å²) < 4.78 is 31.7. The average Bonchev–Trinajstić information content (AvgIpc) is 2.65. The van der Waals surface area contributed by atoms with Gasteiger partial charge in [0.1, 0.15) is 11.8 Å². The number of halogens is 1. The topological polar surface area (TPSA) is 75.7 Å². The van der Waals surface area contributed by atoms with Gasteiger partial charge in [0.2, 0.25) is 15.9 Å². The molecule has 0 aliphatic rings. The Bertz CT molecular complexity index is 947. The van der Waals surface area contributed by atoms with Crippen LogP contribution in [0.4, 0.5) is 11.4 Å². The molecule has 0 bridgehead atoms. The molecule has 152 valence electrons. The lowest BCUT2D eigenvalue weighted by atomic mass is 10.1. The first-order valence-corrected chi connectivity index (χ1v) is 11.2. The summed E-state index contributed by atoms with van der Waals surface area (Å²) in [7, 11) is -2.36. The van der Waals surface area contributed by atoms with E-state index in [-0.39, 0.29) is 12.1 Å². The second-order valence-corrected chi connectivity index (χ2v) is 8.59. The van der Waals surface area contributed by atoms with E-state index in [0.717, 1.165) is 22.5 Å². The predicted molar refractivity (Wildman–Crippen MR) is 114 cm³/mol. The molecule has 28 heavy (non-hydrogen) atoms. The normalized spacial score (nSPS) is 12.3. The third-order valence-corrected chi connectivity index (χ3v) is 5.77.